The first-order chi connectivity index (χ1) is 9.09. The van der Waals surface area contributed by atoms with Gasteiger partial charge < -0.3 is 10.4 Å². The van der Waals surface area contributed by atoms with Crippen LogP contribution in [0.2, 0.25) is 0 Å². The third kappa shape index (κ3) is 3.00. The van der Waals surface area contributed by atoms with Crippen molar-refractivity contribution in [3.63, 3.8) is 0 Å². The molecule has 2 rings (SSSR count). The number of aliphatic carboxylic acids is 1. The Hall–Kier alpha value is -2.14. The molecule has 0 fully saturated rings. The topological polar surface area (TPSA) is 66.4 Å². The lowest BCUT2D eigenvalue weighted by Gasteiger charge is -2.14. The van der Waals surface area contributed by atoms with E-state index in [1.165, 1.54) is 11.3 Å². The number of hydrogen-bond acceptors (Lipinski definition) is 3. The molecule has 0 aliphatic rings. The monoisotopic (exact) mass is 275 g/mol. The van der Waals surface area contributed by atoms with Gasteiger partial charge >= 0.3 is 5.97 Å². The third-order valence-electron chi connectivity index (χ3n) is 2.76. The molecule has 0 unspecified atom stereocenters. The standard InChI is InChI=1S/C14H13NO3S/c1-9-7-19-8-11(9)13(16)15-12(14(17)18)10-5-3-2-4-6-10/h2-8,12H,1H3,(H,15,16)(H,17,18)/t12-/m1/s1. The van der Waals surface area contributed by atoms with E-state index < -0.39 is 12.0 Å². The lowest BCUT2D eigenvalue weighted by Crippen LogP contribution is -2.33. The average molecular weight is 275 g/mol. The van der Waals surface area contributed by atoms with Crippen LogP contribution in [0.25, 0.3) is 0 Å². The lowest BCUT2D eigenvalue weighted by atomic mass is 10.1. The first kappa shape index (κ1) is 13.3. The van der Waals surface area contributed by atoms with Crippen molar-refractivity contribution in [1.82, 2.24) is 5.32 Å². The summed E-state index contributed by atoms with van der Waals surface area (Å²) in [6.07, 6.45) is 0. The van der Waals surface area contributed by atoms with Gasteiger partial charge in [-0.15, -0.1) is 0 Å². The Balaban J connectivity index is 2.21. The van der Waals surface area contributed by atoms with Gasteiger partial charge in [-0.3, -0.25) is 4.79 Å². The Morgan fingerprint density at radius 1 is 1.21 bits per heavy atom. The predicted octanol–water partition coefficient (Wildman–Crippen LogP) is 2.61. The van der Waals surface area contributed by atoms with Crippen LogP contribution in [0.3, 0.4) is 0 Å². The second-order valence-electron chi connectivity index (χ2n) is 4.12. The quantitative estimate of drug-likeness (QED) is 0.901. The van der Waals surface area contributed by atoms with Crippen molar-refractivity contribution in [2.24, 2.45) is 0 Å². The van der Waals surface area contributed by atoms with Crippen molar-refractivity contribution in [2.75, 3.05) is 0 Å². The van der Waals surface area contributed by atoms with Crippen LogP contribution in [-0.4, -0.2) is 17.0 Å². The summed E-state index contributed by atoms with van der Waals surface area (Å²) in [6, 6.07) is 7.61. The average Bonchev–Trinajstić information content (AvgIpc) is 2.82. The smallest absolute Gasteiger partial charge is 0.330 e. The van der Waals surface area contributed by atoms with Crippen LogP contribution in [0.15, 0.2) is 41.1 Å². The number of carbonyl (C=O) groups excluding carboxylic acids is 1. The lowest BCUT2D eigenvalue weighted by molar-refractivity contribution is -0.139. The molecule has 0 saturated carbocycles. The minimum atomic E-state index is -1.08. The highest BCUT2D eigenvalue weighted by atomic mass is 32.1. The maximum absolute atomic E-state index is 12.0. The van der Waals surface area contributed by atoms with Gasteiger partial charge in [0.2, 0.25) is 0 Å². The number of carboxylic acid groups (broad SMARTS) is 1. The molecule has 2 aromatic rings. The molecule has 19 heavy (non-hydrogen) atoms. The fraction of sp³-hybridized carbons (Fsp3) is 0.143. The Labute approximate surface area is 114 Å². The molecule has 1 aromatic carbocycles. The van der Waals surface area contributed by atoms with Gasteiger partial charge in [-0.2, -0.15) is 11.3 Å². The van der Waals surface area contributed by atoms with Crippen LogP contribution in [0.1, 0.15) is 27.5 Å². The van der Waals surface area contributed by atoms with Crippen LogP contribution in [0, 0.1) is 6.92 Å². The van der Waals surface area contributed by atoms with Gasteiger partial charge in [0.05, 0.1) is 5.56 Å². The second-order valence-corrected chi connectivity index (χ2v) is 4.87. The Kier molecular flexibility index (Phi) is 3.97. The first-order valence-electron chi connectivity index (χ1n) is 5.71. The molecule has 98 valence electrons. The van der Waals surface area contributed by atoms with E-state index in [-0.39, 0.29) is 5.91 Å². The van der Waals surface area contributed by atoms with Crippen LogP contribution >= 0.6 is 11.3 Å². The van der Waals surface area contributed by atoms with E-state index in [2.05, 4.69) is 5.32 Å². The highest BCUT2D eigenvalue weighted by molar-refractivity contribution is 7.08. The van der Waals surface area contributed by atoms with Crippen molar-refractivity contribution in [1.29, 1.82) is 0 Å². The fourth-order valence-corrected chi connectivity index (χ4v) is 2.56. The van der Waals surface area contributed by atoms with E-state index in [9.17, 15) is 14.7 Å². The largest absolute Gasteiger partial charge is 0.479 e. The number of carbonyl (C=O) groups is 2. The number of nitrogens with one attached hydrogen (secondary N) is 1. The number of benzene rings is 1. The fourth-order valence-electron chi connectivity index (χ4n) is 1.74. The van der Waals surface area contributed by atoms with Crippen molar-refractivity contribution in [3.05, 3.63) is 57.8 Å². The van der Waals surface area contributed by atoms with E-state index in [0.29, 0.717) is 11.1 Å². The van der Waals surface area contributed by atoms with Crippen LogP contribution < -0.4 is 5.32 Å². The van der Waals surface area contributed by atoms with Gasteiger partial charge in [-0.25, -0.2) is 4.79 Å². The highest BCUT2D eigenvalue weighted by Crippen LogP contribution is 2.17. The zero-order valence-electron chi connectivity index (χ0n) is 10.3. The normalized spacial score (nSPS) is 11.8. The number of carboxylic acids is 1. The number of amides is 1. The summed E-state index contributed by atoms with van der Waals surface area (Å²) < 4.78 is 0. The number of thiophene rings is 1. The van der Waals surface area contributed by atoms with Gasteiger partial charge in [-0.05, 0) is 23.4 Å². The SMILES string of the molecule is Cc1cscc1C(=O)N[C@@H](C(=O)O)c1ccccc1. The summed E-state index contributed by atoms with van der Waals surface area (Å²) in [5, 5.41) is 15.3. The summed E-state index contributed by atoms with van der Waals surface area (Å²) in [6.45, 7) is 1.82. The minimum absolute atomic E-state index is 0.366. The molecule has 0 radical (unpaired) electrons. The van der Waals surface area contributed by atoms with Crippen LogP contribution in [0.5, 0.6) is 0 Å². The summed E-state index contributed by atoms with van der Waals surface area (Å²) >= 11 is 1.42. The number of rotatable bonds is 4. The summed E-state index contributed by atoms with van der Waals surface area (Å²) in [7, 11) is 0. The molecule has 4 nitrogen and oxygen atoms in total. The molecule has 1 amide bonds. The highest BCUT2D eigenvalue weighted by Gasteiger charge is 2.23. The van der Waals surface area contributed by atoms with Gasteiger partial charge in [0.1, 0.15) is 0 Å². The molecule has 2 N–H and O–H groups in total. The summed E-state index contributed by atoms with van der Waals surface area (Å²) in [4.78, 5) is 23.3. The van der Waals surface area contributed by atoms with Gasteiger partial charge in [0, 0.05) is 5.38 Å². The zero-order valence-corrected chi connectivity index (χ0v) is 11.1. The van der Waals surface area contributed by atoms with Crippen molar-refractivity contribution in [3.8, 4) is 0 Å². The maximum atomic E-state index is 12.0. The van der Waals surface area contributed by atoms with Gasteiger partial charge in [-0.1, -0.05) is 30.3 Å². The van der Waals surface area contributed by atoms with Crippen LogP contribution in [0.4, 0.5) is 0 Å². The predicted molar refractivity (Wildman–Crippen MR) is 73.3 cm³/mol. The molecule has 1 heterocycles. The molecule has 0 saturated heterocycles. The molecule has 5 heteroatoms. The van der Waals surface area contributed by atoms with E-state index >= 15 is 0 Å². The molecule has 0 aliphatic carbocycles. The van der Waals surface area contributed by atoms with E-state index in [1.54, 1.807) is 35.7 Å². The minimum Gasteiger partial charge on any atom is -0.479 e. The van der Waals surface area contributed by atoms with Crippen molar-refractivity contribution in [2.45, 2.75) is 13.0 Å². The first-order valence-corrected chi connectivity index (χ1v) is 6.65. The van der Waals surface area contributed by atoms with Crippen LogP contribution in [-0.2, 0) is 4.79 Å². The molecule has 1 aromatic heterocycles. The maximum Gasteiger partial charge on any atom is 0.330 e. The summed E-state index contributed by atoms with van der Waals surface area (Å²) in [5.74, 6) is -1.44. The second kappa shape index (κ2) is 5.67. The third-order valence-corrected chi connectivity index (χ3v) is 3.62. The van der Waals surface area contributed by atoms with E-state index in [1.807, 2.05) is 12.3 Å². The number of aryl methyl sites for hydroxylation is 1. The Morgan fingerprint density at radius 3 is 2.42 bits per heavy atom. The molecule has 0 aliphatic heterocycles. The van der Waals surface area contributed by atoms with E-state index in [0.717, 1.165) is 5.56 Å². The Bertz CT molecular complexity index is 592. The molecule has 1 atom stereocenters. The zero-order chi connectivity index (χ0) is 13.8. The van der Waals surface area contributed by atoms with Crippen molar-refractivity contribution < 1.29 is 14.7 Å². The van der Waals surface area contributed by atoms with Gasteiger partial charge in [0.25, 0.3) is 5.91 Å². The van der Waals surface area contributed by atoms with Crippen molar-refractivity contribution >= 4 is 23.2 Å². The molecular weight excluding hydrogens is 262 g/mol. The molecular formula is C14H13NO3S. The Morgan fingerprint density at radius 2 is 1.89 bits per heavy atom. The number of hydrogen-bond donors (Lipinski definition) is 2. The molecule has 0 bridgehead atoms. The van der Waals surface area contributed by atoms with E-state index in [4.69, 9.17) is 0 Å². The van der Waals surface area contributed by atoms with Gasteiger partial charge in [0.15, 0.2) is 6.04 Å². The summed E-state index contributed by atoms with van der Waals surface area (Å²) in [5.41, 5.74) is 1.92. The molecule has 0 spiro atoms.